The molecule has 5 rings (SSSR count). The molecule has 0 amide bonds. The smallest absolute Gasteiger partial charge is 0.0495 e. The first-order valence-corrected chi connectivity index (χ1v) is 7.86. The van der Waals surface area contributed by atoms with Gasteiger partial charge in [-0.3, -0.25) is 0 Å². The molecule has 0 N–H and O–H groups in total. The van der Waals surface area contributed by atoms with E-state index < -0.39 is 0 Å². The van der Waals surface area contributed by atoms with Crippen LogP contribution in [0.3, 0.4) is 0 Å². The number of nitrogens with zero attached hydrogens (tertiary/aromatic N) is 1. The number of hydrogen-bond donors (Lipinski definition) is 0. The Kier molecular flexibility index (Phi) is 2.20. The van der Waals surface area contributed by atoms with Crippen molar-refractivity contribution in [1.82, 2.24) is 4.57 Å². The lowest BCUT2D eigenvalue weighted by molar-refractivity contribution is 0.957. The van der Waals surface area contributed by atoms with Crippen molar-refractivity contribution in [3.63, 3.8) is 0 Å². The number of aryl methyl sites for hydroxylation is 1. The highest BCUT2D eigenvalue weighted by molar-refractivity contribution is 6.10. The Morgan fingerprint density at radius 1 is 0.727 bits per heavy atom. The van der Waals surface area contributed by atoms with Gasteiger partial charge in [0.15, 0.2) is 0 Å². The van der Waals surface area contributed by atoms with E-state index in [0.29, 0.717) is 5.92 Å². The third kappa shape index (κ3) is 1.34. The Hall–Kier alpha value is -2.54. The number of benzene rings is 3. The summed E-state index contributed by atoms with van der Waals surface area (Å²) >= 11 is 0. The molecule has 0 radical (unpaired) electrons. The fraction of sp³-hybridized carbons (Fsp3) is 0.143. The van der Waals surface area contributed by atoms with Crippen LogP contribution in [-0.4, -0.2) is 4.57 Å². The molecule has 22 heavy (non-hydrogen) atoms. The van der Waals surface area contributed by atoms with Crippen molar-refractivity contribution < 1.29 is 0 Å². The first-order chi connectivity index (χ1) is 10.8. The zero-order chi connectivity index (χ0) is 14.8. The van der Waals surface area contributed by atoms with E-state index in [9.17, 15) is 0 Å². The molecule has 1 aliphatic rings. The van der Waals surface area contributed by atoms with Crippen molar-refractivity contribution in [3.05, 3.63) is 71.8 Å². The van der Waals surface area contributed by atoms with E-state index in [0.717, 1.165) is 0 Å². The lowest BCUT2D eigenvalue weighted by Crippen LogP contribution is -1.90. The summed E-state index contributed by atoms with van der Waals surface area (Å²) in [5.41, 5.74) is 8.35. The minimum atomic E-state index is 0.481. The monoisotopic (exact) mass is 283 g/mol. The molecule has 106 valence electrons. The second kappa shape index (κ2) is 4.01. The molecule has 1 nitrogen and oxygen atoms in total. The van der Waals surface area contributed by atoms with Crippen LogP contribution in [0.5, 0.6) is 0 Å². The van der Waals surface area contributed by atoms with E-state index >= 15 is 0 Å². The van der Waals surface area contributed by atoms with E-state index in [4.69, 9.17) is 0 Å². The topological polar surface area (TPSA) is 4.93 Å². The predicted octanol–water partition coefficient (Wildman–Crippen LogP) is 5.46. The Morgan fingerprint density at radius 3 is 2.41 bits per heavy atom. The minimum Gasteiger partial charge on any atom is -0.344 e. The van der Waals surface area contributed by atoms with Crippen LogP contribution in [0.15, 0.2) is 60.7 Å². The molecule has 0 aliphatic heterocycles. The van der Waals surface area contributed by atoms with Gasteiger partial charge in [0, 0.05) is 34.8 Å². The molecule has 1 heteroatoms. The van der Waals surface area contributed by atoms with Crippen LogP contribution in [0.25, 0.3) is 32.9 Å². The highest BCUT2D eigenvalue weighted by Gasteiger charge is 2.26. The minimum absolute atomic E-state index is 0.481. The molecule has 1 unspecified atom stereocenters. The Morgan fingerprint density at radius 2 is 1.50 bits per heavy atom. The van der Waals surface area contributed by atoms with E-state index in [1.807, 2.05) is 0 Å². The third-order valence-electron chi connectivity index (χ3n) is 5.27. The van der Waals surface area contributed by atoms with Crippen molar-refractivity contribution in [2.45, 2.75) is 12.8 Å². The summed E-state index contributed by atoms with van der Waals surface area (Å²) in [7, 11) is 2.17. The fourth-order valence-electron chi connectivity index (χ4n) is 4.10. The van der Waals surface area contributed by atoms with Gasteiger partial charge < -0.3 is 4.57 Å². The van der Waals surface area contributed by atoms with Crippen molar-refractivity contribution in [2.75, 3.05) is 0 Å². The predicted molar refractivity (Wildman–Crippen MR) is 93.4 cm³/mol. The summed E-state index contributed by atoms with van der Waals surface area (Å²) in [6.45, 7) is 2.32. The maximum Gasteiger partial charge on any atom is 0.0495 e. The van der Waals surface area contributed by atoms with Crippen LogP contribution in [0.1, 0.15) is 24.0 Å². The van der Waals surface area contributed by atoms with Crippen molar-refractivity contribution in [3.8, 4) is 11.1 Å². The summed E-state index contributed by atoms with van der Waals surface area (Å²) in [6, 6.07) is 22.3. The van der Waals surface area contributed by atoms with Crippen LogP contribution in [0.2, 0.25) is 0 Å². The quantitative estimate of drug-likeness (QED) is 0.403. The van der Waals surface area contributed by atoms with Crippen LogP contribution in [0, 0.1) is 0 Å². The van der Waals surface area contributed by atoms with E-state index in [1.54, 1.807) is 0 Å². The molecule has 0 saturated heterocycles. The molecule has 4 aromatic rings. The maximum absolute atomic E-state index is 2.41. The number of aromatic nitrogens is 1. The largest absolute Gasteiger partial charge is 0.344 e. The van der Waals surface area contributed by atoms with Crippen molar-refractivity contribution in [2.24, 2.45) is 7.05 Å². The zero-order valence-corrected chi connectivity index (χ0v) is 12.8. The average Bonchev–Trinajstić information content (AvgIpc) is 3.01. The molecule has 0 saturated carbocycles. The van der Waals surface area contributed by atoms with Crippen LogP contribution in [-0.2, 0) is 7.05 Å². The van der Waals surface area contributed by atoms with Gasteiger partial charge in [0.05, 0.1) is 0 Å². The van der Waals surface area contributed by atoms with Crippen LogP contribution >= 0.6 is 0 Å². The SMILES string of the molecule is CC1c2ccccc2-c2cc3c(cc21)c1ccccc1n3C. The molecule has 1 aromatic heterocycles. The Labute approximate surface area is 129 Å². The lowest BCUT2D eigenvalue weighted by atomic mass is 9.98. The first-order valence-electron chi connectivity index (χ1n) is 7.86. The molecule has 1 aliphatic carbocycles. The van der Waals surface area contributed by atoms with Crippen molar-refractivity contribution >= 4 is 21.8 Å². The normalized spacial score (nSPS) is 16.2. The first kappa shape index (κ1) is 12.0. The molecular weight excluding hydrogens is 266 g/mol. The highest BCUT2D eigenvalue weighted by Crippen LogP contribution is 2.46. The van der Waals surface area contributed by atoms with Gasteiger partial charge in [0.2, 0.25) is 0 Å². The standard InChI is InChI=1S/C21H17N/c1-13-14-7-3-4-8-15(14)18-12-21-19(11-17(13)18)16-9-5-6-10-20(16)22(21)2/h3-13H,1-2H3. The number of rotatable bonds is 0. The van der Waals surface area contributed by atoms with Gasteiger partial charge in [0.25, 0.3) is 0 Å². The summed E-state index contributed by atoms with van der Waals surface area (Å²) in [6.07, 6.45) is 0. The van der Waals surface area contributed by atoms with Gasteiger partial charge in [-0.15, -0.1) is 0 Å². The molecule has 0 spiro atoms. The Balaban J connectivity index is 1.95. The van der Waals surface area contributed by atoms with Gasteiger partial charge >= 0.3 is 0 Å². The van der Waals surface area contributed by atoms with Gasteiger partial charge in [-0.05, 0) is 40.5 Å². The second-order valence-electron chi connectivity index (χ2n) is 6.34. The number of hydrogen-bond acceptors (Lipinski definition) is 0. The zero-order valence-electron chi connectivity index (χ0n) is 12.8. The van der Waals surface area contributed by atoms with Gasteiger partial charge in [-0.25, -0.2) is 0 Å². The van der Waals surface area contributed by atoms with Crippen LogP contribution < -0.4 is 0 Å². The van der Waals surface area contributed by atoms with Gasteiger partial charge in [0.1, 0.15) is 0 Å². The Bertz CT molecular complexity index is 1050. The fourth-order valence-corrected chi connectivity index (χ4v) is 4.10. The average molecular weight is 283 g/mol. The molecule has 1 atom stereocenters. The van der Waals surface area contributed by atoms with E-state index in [1.165, 1.54) is 44.1 Å². The third-order valence-corrected chi connectivity index (χ3v) is 5.27. The molecule has 1 heterocycles. The van der Waals surface area contributed by atoms with Crippen LogP contribution in [0.4, 0.5) is 0 Å². The summed E-state index contributed by atoms with van der Waals surface area (Å²) in [5.74, 6) is 0.481. The molecule has 0 bridgehead atoms. The molecule has 0 fully saturated rings. The summed E-state index contributed by atoms with van der Waals surface area (Å²) < 4.78 is 2.32. The highest BCUT2D eigenvalue weighted by atomic mass is 14.9. The summed E-state index contributed by atoms with van der Waals surface area (Å²) in [4.78, 5) is 0. The lowest BCUT2D eigenvalue weighted by Gasteiger charge is -2.06. The van der Waals surface area contributed by atoms with E-state index in [-0.39, 0.29) is 0 Å². The maximum atomic E-state index is 2.41. The summed E-state index contributed by atoms with van der Waals surface area (Å²) in [5, 5.41) is 2.72. The molecule has 3 aromatic carbocycles. The second-order valence-corrected chi connectivity index (χ2v) is 6.34. The molecular formula is C21H17N. The van der Waals surface area contributed by atoms with E-state index in [2.05, 4.69) is 79.2 Å². The van der Waals surface area contributed by atoms with Gasteiger partial charge in [-0.2, -0.15) is 0 Å². The van der Waals surface area contributed by atoms with Crippen molar-refractivity contribution in [1.29, 1.82) is 0 Å². The van der Waals surface area contributed by atoms with Gasteiger partial charge in [-0.1, -0.05) is 49.4 Å². The number of fused-ring (bicyclic) bond motifs is 6. The number of para-hydroxylation sites is 1.